The van der Waals surface area contributed by atoms with Crippen molar-refractivity contribution in [2.75, 3.05) is 12.4 Å². The summed E-state index contributed by atoms with van der Waals surface area (Å²) in [6, 6.07) is 9.79. The second-order valence-electron chi connectivity index (χ2n) is 5.52. The molecular formula is C19H19BrFNO3. The Labute approximate surface area is 154 Å². The van der Waals surface area contributed by atoms with Crippen LogP contribution in [0.2, 0.25) is 0 Å². The molecule has 0 saturated carbocycles. The van der Waals surface area contributed by atoms with E-state index in [1.54, 1.807) is 31.4 Å². The van der Waals surface area contributed by atoms with Crippen LogP contribution in [0.1, 0.15) is 19.4 Å². The van der Waals surface area contributed by atoms with E-state index < -0.39 is 11.7 Å². The molecule has 1 amide bonds. The van der Waals surface area contributed by atoms with E-state index in [9.17, 15) is 9.18 Å². The van der Waals surface area contributed by atoms with Crippen molar-refractivity contribution in [2.45, 2.75) is 20.0 Å². The minimum atomic E-state index is -0.506. The molecule has 0 bridgehead atoms. The van der Waals surface area contributed by atoms with Gasteiger partial charge in [-0.1, -0.05) is 22.0 Å². The van der Waals surface area contributed by atoms with Crippen LogP contribution >= 0.6 is 15.9 Å². The maximum absolute atomic E-state index is 13.7. The largest absolute Gasteiger partial charge is 0.493 e. The Morgan fingerprint density at radius 1 is 1.20 bits per heavy atom. The summed E-state index contributed by atoms with van der Waals surface area (Å²) in [6.45, 7) is 3.86. The number of rotatable bonds is 6. The zero-order valence-electron chi connectivity index (χ0n) is 14.2. The van der Waals surface area contributed by atoms with Gasteiger partial charge in [-0.25, -0.2) is 4.39 Å². The van der Waals surface area contributed by atoms with Crippen LogP contribution in [-0.2, 0) is 4.79 Å². The number of amides is 1. The molecule has 25 heavy (non-hydrogen) atoms. The summed E-state index contributed by atoms with van der Waals surface area (Å²) in [5.74, 6) is 0.280. The molecule has 0 heterocycles. The summed E-state index contributed by atoms with van der Waals surface area (Å²) < 4.78 is 25.3. The van der Waals surface area contributed by atoms with Crippen molar-refractivity contribution >= 4 is 33.6 Å². The second-order valence-corrected chi connectivity index (χ2v) is 6.44. The summed E-state index contributed by atoms with van der Waals surface area (Å²) in [7, 11) is 1.55. The fraction of sp³-hybridized carbons (Fsp3) is 0.211. The average Bonchev–Trinajstić information content (AvgIpc) is 2.56. The van der Waals surface area contributed by atoms with Crippen LogP contribution in [0.25, 0.3) is 6.08 Å². The van der Waals surface area contributed by atoms with Gasteiger partial charge in [0.1, 0.15) is 5.82 Å². The van der Waals surface area contributed by atoms with Crippen molar-refractivity contribution in [3.63, 3.8) is 0 Å². The number of anilines is 1. The van der Waals surface area contributed by atoms with Crippen molar-refractivity contribution in [3.8, 4) is 11.5 Å². The number of carbonyl (C=O) groups is 1. The number of methoxy groups -OCH3 is 1. The summed E-state index contributed by atoms with van der Waals surface area (Å²) in [6.07, 6.45) is 2.98. The van der Waals surface area contributed by atoms with E-state index in [-0.39, 0.29) is 11.8 Å². The molecule has 0 aliphatic heterocycles. The van der Waals surface area contributed by atoms with Gasteiger partial charge in [-0.05, 0) is 55.8 Å². The van der Waals surface area contributed by atoms with Crippen LogP contribution < -0.4 is 14.8 Å². The maximum Gasteiger partial charge on any atom is 0.248 e. The fourth-order valence-corrected chi connectivity index (χ4v) is 2.41. The van der Waals surface area contributed by atoms with Crippen molar-refractivity contribution < 1.29 is 18.7 Å². The molecule has 2 rings (SSSR count). The number of nitrogens with one attached hydrogen (secondary N) is 1. The molecule has 0 fully saturated rings. The van der Waals surface area contributed by atoms with Crippen LogP contribution in [0, 0.1) is 5.82 Å². The SMILES string of the molecule is COc1cc(/C=C/C(=O)Nc2ccc(Br)cc2F)ccc1OC(C)C. The van der Waals surface area contributed by atoms with Gasteiger partial charge in [0.05, 0.1) is 18.9 Å². The van der Waals surface area contributed by atoms with E-state index in [1.165, 1.54) is 18.2 Å². The van der Waals surface area contributed by atoms with Crippen LogP contribution in [-0.4, -0.2) is 19.1 Å². The Balaban J connectivity index is 2.08. The van der Waals surface area contributed by atoms with Gasteiger partial charge in [0.25, 0.3) is 0 Å². The topological polar surface area (TPSA) is 47.6 Å². The lowest BCUT2D eigenvalue weighted by atomic mass is 10.2. The lowest BCUT2D eigenvalue weighted by molar-refractivity contribution is -0.111. The van der Waals surface area contributed by atoms with Crippen LogP contribution in [0.4, 0.5) is 10.1 Å². The molecule has 0 saturated heterocycles. The first-order valence-corrected chi connectivity index (χ1v) is 8.47. The smallest absolute Gasteiger partial charge is 0.248 e. The van der Waals surface area contributed by atoms with Crippen molar-refractivity contribution in [3.05, 3.63) is 58.3 Å². The minimum Gasteiger partial charge on any atom is -0.493 e. The molecule has 0 unspecified atom stereocenters. The third kappa shape index (κ3) is 5.60. The molecule has 132 valence electrons. The van der Waals surface area contributed by atoms with Gasteiger partial charge in [0.15, 0.2) is 11.5 Å². The summed E-state index contributed by atoms with van der Waals surface area (Å²) in [5, 5.41) is 2.50. The molecule has 1 N–H and O–H groups in total. The molecule has 0 aliphatic rings. The Morgan fingerprint density at radius 2 is 1.96 bits per heavy atom. The summed E-state index contributed by atoms with van der Waals surface area (Å²) >= 11 is 3.17. The number of halogens is 2. The number of benzene rings is 2. The van der Waals surface area contributed by atoms with Gasteiger partial charge >= 0.3 is 0 Å². The lowest BCUT2D eigenvalue weighted by Gasteiger charge is -2.13. The number of ether oxygens (including phenoxy) is 2. The Bertz CT molecular complexity index is 790. The molecule has 0 atom stereocenters. The van der Waals surface area contributed by atoms with Gasteiger partial charge in [0.2, 0.25) is 5.91 Å². The Kier molecular flexibility index (Phi) is 6.58. The second kappa shape index (κ2) is 8.67. The molecule has 0 spiro atoms. The highest BCUT2D eigenvalue weighted by Gasteiger charge is 2.08. The Hall–Kier alpha value is -2.34. The van der Waals surface area contributed by atoms with E-state index in [1.807, 2.05) is 19.9 Å². The summed E-state index contributed by atoms with van der Waals surface area (Å²) in [5.41, 5.74) is 0.885. The van der Waals surface area contributed by atoms with Crippen LogP contribution in [0.3, 0.4) is 0 Å². The lowest BCUT2D eigenvalue weighted by Crippen LogP contribution is -2.09. The number of carbonyl (C=O) groups excluding carboxylic acids is 1. The van der Waals surface area contributed by atoms with Crippen molar-refractivity contribution in [2.24, 2.45) is 0 Å². The highest BCUT2D eigenvalue weighted by molar-refractivity contribution is 9.10. The molecule has 0 radical (unpaired) electrons. The van der Waals surface area contributed by atoms with E-state index in [0.717, 1.165) is 5.56 Å². The number of hydrogen-bond donors (Lipinski definition) is 1. The van der Waals surface area contributed by atoms with Crippen molar-refractivity contribution in [1.29, 1.82) is 0 Å². The first-order valence-electron chi connectivity index (χ1n) is 7.68. The quantitative estimate of drug-likeness (QED) is 0.682. The predicted octanol–water partition coefficient (Wildman–Crippen LogP) is 5.04. The predicted molar refractivity (Wildman–Crippen MR) is 101 cm³/mol. The zero-order valence-corrected chi connectivity index (χ0v) is 15.8. The minimum absolute atomic E-state index is 0.0295. The van der Waals surface area contributed by atoms with Gasteiger partial charge < -0.3 is 14.8 Å². The molecule has 0 aromatic heterocycles. The highest BCUT2D eigenvalue weighted by Crippen LogP contribution is 2.29. The Morgan fingerprint density at radius 3 is 2.60 bits per heavy atom. The third-order valence-corrected chi connectivity index (χ3v) is 3.66. The van der Waals surface area contributed by atoms with E-state index >= 15 is 0 Å². The zero-order chi connectivity index (χ0) is 18.4. The van der Waals surface area contributed by atoms with E-state index in [4.69, 9.17) is 9.47 Å². The fourth-order valence-electron chi connectivity index (χ4n) is 2.08. The maximum atomic E-state index is 13.7. The monoisotopic (exact) mass is 407 g/mol. The van der Waals surface area contributed by atoms with E-state index in [0.29, 0.717) is 16.0 Å². The molecular weight excluding hydrogens is 389 g/mol. The van der Waals surface area contributed by atoms with Crippen molar-refractivity contribution in [1.82, 2.24) is 0 Å². The normalized spacial score (nSPS) is 11.0. The average molecular weight is 408 g/mol. The van der Waals surface area contributed by atoms with Gasteiger partial charge in [0, 0.05) is 10.5 Å². The first-order chi connectivity index (χ1) is 11.9. The first kappa shape index (κ1) is 19.0. The molecule has 2 aromatic carbocycles. The van der Waals surface area contributed by atoms with Gasteiger partial charge in [-0.3, -0.25) is 4.79 Å². The molecule has 4 nitrogen and oxygen atoms in total. The van der Waals surface area contributed by atoms with Crippen LogP contribution in [0.15, 0.2) is 46.9 Å². The molecule has 2 aromatic rings. The standard InChI is InChI=1S/C19H19BrFNO3/c1-12(2)25-17-8-4-13(10-18(17)24-3)5-9-19(23)22-16-7-6-14(20)11-15(16)21/h4-12H,1-3H3,(H,22,23)/b9-5+. The van der Waals surface area contributed by atoms with E-state index in [2.05, 4.69) is 21.2 Å². The highest BCUT2D eigenvalue weighted by atomic mass is 79.9. The van der Waals surface area contributed by atoms with Crippen LogP contribution in [0.5, 0.6) is 11.5 Å². The van der Waals surface area contributed by atoms with Gasteiger partial charge in [-0.2, -0.15) is 0 Å². The number of hydrogen-bond acceptors (Lipinski definition) is 3. The van der Waals surface area contributed by atoms with Gasteiger partial charge in [-0.15, -0.1) is 0 Å². The third-order valence-electron chi connectivity index (χ3n) is 3.17. The molecule has 0 aliphatic carbocycles. The molecule has 6 heteroatoms. The summed E-state index contributed by atoms with van der Waals surface area (Å²) in [4.78, 5) is 12.0.